The Labute approximate surface area is 158 Å². The summed E-state index contributed by atoms with van der Waals surface area (Å²) in [5, 5.41) is 4.46. The fourth-order valence-corrected chi connectivity index (χ4v) is 3.59. The number of benzene rings is 1. The molecule has 0 spiro atoms. The van der Waals surface area contributed by atoms with Gasteiger partial charge in [0.1, 0.15) is 17.7 Å². The molecule has 1 atom stereocenters. The van der Waals surface area contributed by atoms with Crippen molar-refractivity contribution >= 4 is 17.1 Å². The molecular weight excluding hydrogens is 363 g/mol. The van der Waals surface area contributed by atoms with Gasteiger partial charge in [-0.3, -0.25) is 9.36 Å². The maximum atomic E-state index is 13.4. The van der Waals surface area contributed by atoms with Crippen LogP contribution in [0.5, 0.6) is 0 Å². The first-order valence-corrected chi connectivity index (χ1v) is 9.06. The highest BCUT2D eigenvalue weighted by atomic mass is 19.1. The molecule has 3 aromatic heterocycles. The van der Waals surface area contributed by atoms with Crippen LogP contribution in [-0.2, 0) is 6.54 Å². The summed E-state index contributed by atoms with van der Waals surface area (Å²) in [5.41, 5.74) is 0.854. The molecule has 0 N–H and O–H groups in total. The van der Waals surface area contributed by atoms with Crippen LogP contribution < -0.4 is 10.5 Å². The first-order valence-electron chi connectivity index (χ1n) is 9.06. The van der Waals surface area contributed by atoms with Crippen LogP contribution in [0.3, 0.4) is 0 Å². The van der Waals surface area contributed by atoms with Gasteiger partial charge in [0.25, 0.3) is 11.6 Å². The molecule has 0 saturated carbocycles. The van der Waals surface area contributed by atoms with Gasteiger partial charge in [-0.15, -0.1) is 0 Å². The van der Waals surface area contributed by atoms with E-state index in [0.29, 0.717) is 29.5 Å². The normalized spacial score (nSPS) is 16.9. The van der Waals surface area contributed by atoms with Gasteiger partial charge in [0.2, 0.25) is 0 Å². The number of hydrogen-bond donors (Lipinski definition) is 0. The molecule has 1 aliphatic rings. The summed E-state index contributed by atoms with van der Waals surface area (Å²) >= 11 is 0. The van der Waals surface area contributed by atoms with Gasteiger partial charge in [-0.25, -0.2) is 14.1 Å². The molecule has 1 aromatic carbocycles. The number of halogens is 1. The highest BCUT2D eigenvalue weighted by Gasteiger charge is 2.29. The zero-order valence-corrected chi connectivity index (χ0v) is 14.9. The molecule has 1 aliphatic heterocycles. The number of aromatic nitrogens is 5. The molecule has 142 valence electrons. The van der Waals surface area contributed by atoms with E-state index >= 15 is 0 Å². The van der Waals surface area contributed by atoms with Crippen molar-refractivity contribution in [2.75, 3.05) is 11.4 Å². The smallest absolute Gasteiger partial charge is 0.298 e. The van der Waals surface area contributed by atoms with Crippen molar-refractivity contribution < 1.29 is 8.81 Å². The Morgan fingerprint density at radius 1 is 1.25 bits per heavy atom. The van der Waals surface area contributed by atoms with E-state index in [0.717, 1.165) is 19.4 Å². The first kappa shape index (κ1) is 16.7. The van der Waals surface area contributed by atoms with E-state index in [1.807, 2.05) is 4.90 Å². The predicted octanol–water partition coefficient (Wildman–Crippen LogP) is 2.38. The Bertz CT molecular complexity index is 1180. The Morgan fingerprint density at radius 3 is 3.04 bits per heavy atom. The molecule has 1 fully saturated rings. The molecule has 9 heteroatoms. The minimum atomic E-state index is -0.350. The van der Waals surface area contributed by atoms with Gasteiger partial charge in [-0.05, 0) is 31.0 Å². The number of imidazole rings is 1. The first-order chi connectivity index (χ1) is 13.7. The summed E-state index contributed by atoms with van der Waals surface area (Å²) in [7, 11) is 0. The molecular formula is C19H17FN6O2. The molecule has 0 aliphatic carbocycles. The van der Waals surface area contributed by atoms with Crippen LogP contribution in [0, 0.1) is 5.82 Å². The van der Waals surface area contributed by atoms with E-state index in [1.54, 1.807) is 35.4 Å². The van der Waals surface area contributed by atoms with Crippen molar-refractivity contribution in [3.05, 3.63) is 65.2 Å². The van der Waals surface area contributed by atoms with Crippen LogP contribution in [-0.4, -0.2) is 36.9 Å². The van der Waals surface area contributed by atoms with Crippen LogP contribution in [0.4, 0.5) is 10.4 Å². The van der Waals surface area contributed by atoms with E-state index < -0.39 is 0 Å². The van der Waals surface area contributed by atoms with E-state index in [-0.39, 0.29) is 17.4 Å². The van der Waals surface area contributed by atoms with Gasteiger partial charge in [0.15, 0.2) is 11.4 Å². The molecule has 1 unspecified atom stereocenters. The van der Waals surface area contributed by atoms with Crippen LogP contribution in [0.25, 0.3) is 16.9 Å². The van der Waals surface area contributed by atoms with Crippen molar-refractivity contribution in [1.29, 1.82) is 0 Å². The standard InChI is InChI=1S/C19H17FN6O2/c20-13-3-4-16-15(10-13)22-19(28-16)25-8-1-2-14(25)11-26-18(27)6-5-17(23-26)24-9-7-21-12-24/h3-7,9-10,12,14H,1-2,8,11H2. The molecule has 8 nitrogen and oxygen atoms in total. The van der Waals surface area contributed by atoms with Crippen molar-refractivity contribution in [2.24, 2.45) is 0 Å². The molecule has 0 radical (unpaired) electrons. The summed E-state index contributed by atoms with van der Waals surface area (Å²) in [6.07, 6.45) is 6.91. The van der Waals surface area contributed by atoms with Gasteiger partial charge in [-0.2, -0.15) is 10.1 Å². The fourth-order valence-electron chi connectivity index (χ4n) is 3.59. The lowest BCUT2D eigenvalue weighted by atomic mass is 10.2. The minimum Gasteiger partial charge on any atom is -0.423 e. The number of fused-ring (bicyclic) bond motifs is 1. The number of rotatable bonds is 4. The second-order valence-corrected chi connectivity index (χ2v) is 6.78. The van der Waals surface area contributed by atoms with Crippen molar-refractivity contribution in [1.82, 2.24) is 24.3 Å². The average molecular weight is 380 g/mol. The molecule has 0 amide bonds. The van der Waals surface area contributed by atoms with Gasteiger partial charge in [0, 0.05) is 31.1 Å². The largest absolute Gasteiger partial charge is 0.423 e. The Morgan fingerprint density at radius 2 is 2.18 bits per heavy atom. The van der Waals surface area contributed by atoms with Crippen molar-refractivity contribution in [3.8, 4) is 5.82 Å². The molecule has 0 bridgehead atoms. The summed E-state index contributed by atoms with van der Waals surface area (Å²) in [6, 6.07) is 7.92. The molecule has 5 rings (SSSR count). The van der Waals surface area contributed by atoms with Crippen molar-refractivity contribution in [2.45, 2.75) is 25.4 Å². The van der Waals surface area contributed by atoms with Crippen molar-refractivity contribution in [3.63, 3.8) is 0 Å². The Balaban J connectivity index is 1.44. The second-order valence-electron chi connectivity index (χ2n) is 6.78. The van der Waals surface area contributed by atoms with E-state index in [1.165, 1.54) is 22.9 Å². The summed E-state index contributed by atoms with van der Waals surface area (Å²) < 4.78 is 22.5. The lowest BCUT2D eigenvalue weighted by molar-refractivity contribution is 0.463. The SMILES string of the molecule is O=c1ccc(-n2ccnc2)nn1CC1CCCN1c1nc2cc(F)ccc2o1. The van der Waals surface area contributed by atoms with Crippen LogP contribution in [0.15, 0.2) is 58.3 Å². The quantitative estimate of drug-likeness (QED) is 0.541. The third-order valence-electron chi connectivity index (χ3n) is 4.97. The number of hydrogen-bond acceptors (Lipinski definition) is 6. The third kappa shape index (κ3) is 2.94. The molecule has 28 heavy (non-hydrogen) atoms. The molecule has 4 aromatic rings. The zero-order valence-electron chi connectivity index (χ0n) is 14.9. The number of anilines is 1. The van der Waals surface area contributed by atoms with Gasteiger partial charge in [-0.1, -0.05) is 0 Å². The second kappa shape index (κ2) is 6.59. The van der Waals surface area contributed by atoms with Gasteiger partial charge in [0.05, 0.1) is 12.6 Å². The topological polar surface area (TPSA) is 82.0 Å². The zero-order chi connectivity index (χ0) is 19.1. The lowest BCUT2D eigenvalue weighted by Gasteiger charge is -2.23. The Kier molecular flexibility index (Phi) is 3.92. The summed E-state index contributed by atoms with van der Waals surface area (Å²) in [4.78, 5) is 22.8. The van der Waals surface area contributed by atoms with Gasteiger partial charge < -0.3 is 9.32 Å². The Hall–Kier alpha value is -3.49. The summed E-state index contributed by atoms with van der Waals surface area (Å²) in [5.74, 6) is 0.274. The van der Waals surface area contributed by atoms with Gasteiger partial charge >= 0.3 is 0 Å². The third-order valence-corrected chi connectivity index (χ3v) is 4.97. The number of oxazole rings is 1. The lowest BCUT2D eigenvalue weighted by Crippen LogP contribution is -2.37. The summed E-state index contributed by atoms with van der Waals surface area (Å²) in [6.45, 7) is 1.17. The monoisotopic (exact) mass is 380 g/mol. The van der Waals surface area contributed by atoms with E-state index in [9.17, 15) is 9.18 Å². The fraction of sp³-hybridized carbons (Fsp3) is 0.263. The maximum Gasteiger partial charge on any atom is 0.298 e. The minimum absolute atomic E-state index is 0.0150. The highest BCUT2D eigenvalue weighted by molar-refractivity contribution is 5.74. The predicted molar refractivity (Wildman–Crippen MR) is 100.0 cm³/mol. The highest BCUT2D eigenvalue weighted by Crippen LogP contribution is 2.29. The molecule has 1 saturated heterocycles. The average Bonchev–Trinajstić information content (AvgIpc) is 3.43. The van der Waals surface area contributed by atoms with Crippen LogP contribution in [0.1, 0.15) is 12.8 Å². The van der Waals surface area contributed by atoms with E-state index in [4.69, 9.17) is 4.42 Å². The van der Waals surface area contributed by atoms with Crippen LogP contribution >= 0.6 is 0 Å². The molecule has 4 heterocycles. The van der Waals surface area contributed by atoms with Crippen LogP contribution in [0.2, 0.25) is 0 Å². The maximum absolute atomic E-state index is 13.4. The number of nitrogens with zero attached hydrogens (tertiary/aromatic N) is 6. The van der Waals surface area contributed by atoms with E-state index in [2.05, 4.69) is 15.1 Å².